The van der Waals surface area contributed by atoms with Crippen molar-refractivity contribution in [3.05, 3.63) is 8.48 Å². The Labute approximate surface area is 102 Å². The number of ether oxygens (including phenoxy) is 1. The predicted octanol–water partition coefficient (Wildman–Crippen LogP) is 1.87. The Hall–Kier alpha value is 0.250. The van der Waals surface area contributed by atoms with Crippen molar-refractivity contribution in [2.45, 2.75) is 6.92 Å². The number of nitrogens with zero attached hydrogens (tertiary/aromatic N) is 1. The Balaban J connectivity index is 2.67. The maximum atomic E-state index is 12.0. The lowest BCUT2D eigenvalue weighted by Gasteiger charge is -2.27. The molecule has 0 bridgehead atoms. The molecule has 1 aliphatic rings. The van der Waals surface area contributed by atoms with Gasteiger partial charge in [0.1, 0.15) is 0 Å². The molecule has 14 heavy (non-hydrogen) atoms. The molecule has 1 fully saturated rings. The number of amides is 1. The number of hydrogen-bond donors (Lipinski definition) is 0. The van der Waals surface area contributed by atoms with Crippen LogP contribution in [0.5, 0.6) is 0 Å². The van der Waals surface area contributed by atoms with Crippen LogP contribution in [0.2, 0.25) is 0 Å². The van der Waals surface area contributed by atoms with Crippen molar-refractivity contribution in [3.63, 3.8) is 0 Å². The predicted molar refractivity (Wildman–Crippen MR) is 67.6 cm³/mol. The van der Waals surface area contributed by atoms with Crippen LogP contribution in [0.3, 0.4) is 0 Å². The molecule has 1 heterocycles. The van der Waals surface area contributed by atoms with Crippen LogP contribution in [0.15, 0.2) is 8.48 Å². The summed E-state index contributed by atoms with van der Waals surface area (Å²) in [5.74, 6) is 0.146. The van der Waals surface area contributed by atoms with E-state index in [0.29, 0.717) is 26.3 Å². The highest BCUT2D eigenvalue weighted by Gasteiger charge is 2.20. The van der Waals surface area contributed by atoms with Gasteiger partial charge in [0, 0.05) is 16.7 Å². The van der Waals surface area contributed by atoms with Gasteiger partial charge in [-0.3, -0.25) is 4.79 Å². The molecule has 3 nitrogen and oxygen atoms in total. The molecule has 0 radical (unpaired) electrons. The molecule has 0 unspecified atom stereocenters. The Morgan fingerprint density at radius 1 is 1.43 bits per heavy atom. The van der Waals surface area contributed by atoms with Crippen molar-refractivity contribution in [1.82, 2.24) is 4.90 Å². The molecule has 0 atom stereocenters. The summed E-state index contributed by atoms with van der Waals surface area (Å²) >= 11 is 3.72. The average Bonchev–Trinajstić information content (AvgIpc) is 2.19. The molecule has 1 amide bonds. The van der Waals surface area contributed by atoms with Crippen LogP contribution < -0.4 is 0 Å². The molecule has 1 aliphatic heterocycles. The quantitative estimate of drug-likeness (QED) is 0.573. The van der Waals surface area contributed by atoms with E-state index in [-0.39, 0.29) is 5.91 Å². The number of allylic oxidation sites excluding steroid dienone is 1. The number of halogens is 1. The molecule has 1 rings (SSSR count). The second kappa shape index (κ2) is 5.97. The lowest BCUT2D eigenvalue weighted by Crippen LogP contribution is -2.41. The lowest BCUT2D eigenvalue weighted by atomic mass is 10.3. The molecule has 0 spiro atoms. The minimum atomic E-state index is 0.146. The van der Waals surface area contributed by atoms with Gasteiger partial charge in [-0.25, -0.2) is 0 Å². The molecular formula is C9H14INO2S. The van der Waals surface area contributed by atoms with E-state index in [1.165, 1.54) is 11.8 Å². The summed E-state index contributed by atoms with van der Waals surface area (Å²) in [7, 11) is 0. The third-order valence-electron chi connectivity index (χ3n) is 2.01. The van der Waals surface area contributed by atoms with Gasteiger partial charge in [-0.2, -0.15) is 0 Å². The molecule has 0 aromatic rings. The number of carbonyl (C=O) groups excluding carboxylic acids is 1. The first kappa shape index (κ1) is 12.3. The van der Waals surface area contributed by atoms with Gasteiger partial charge in [0.15, 0.2) is 0 Å². The van der Waals surface area contributed by atoms with Gasteiger partial charge in [-0.1, -0.05) is 0 Å². The molecule has 1 saturated heterocycles. The van der Waals surface area contributed by atoms with Crippen molar-refractivity contribution in [2.75, 3.05) is 32.6 Å². The Morgan fingerprint density at radius 3 is 2.43 bits per heavy atom. The number of hydrogen-bond acceptors (Lipinski definition) is 3. The SMILES string of the molecule is CS/C(C(=O)N1CCOCC1)=C(/C)I. The standard InChI is InChI=1S/C9H14INO2S/c1-7(10)8(14-2)9(12)11-3-5-13-6-4-11/h3-6H2,1-2H3/b8-7-. The van der Waals surface area contributed by atoms with Crippen molar-refractivity contribution in [3.8, 4) is 0 Å². The fourth-order valence-corrected chi connectivity index (χ4v) is 2.76. The summed E-state index contributed by atoms with van der Waals surface area (Å²) in [6.45, 7) is 4.71. The summed E-state index contributed by atoms with van der Waals surface area (Å²) in [5, 5.41) is 0. The highest BCUT2D eigenvalue weighted by Crippen LogP contribution is 2.23. The smallest absolute Gasteiger partial charge is 0.261 e. The Bertz CT molecular complexity index is 245. The fourth-order valence-electron chi connectivity index (χ4n) is 1.29. The Kier molecular flexibility index (Phi) is 5.25. The molecule has 0 aliphatic carbocycles. The van der Waals surface area contributed by atoms with Gasteiger partial charge in [0.25, 0.3) is 5.91 Å². The molecule has 0 aromatic heterocycles. The van der Waals surface area contributed by atoms with Crippen molar-refractivity contribution < 1.29 is 9.53 Å². The van der Waals surface area contributed by atoms with E-state index in [2.05, 4.69) is 22.6 Å². The zero-order valence-corrected chi connectivity index (χ0v) is 11.4. The van der Waals surface area contributed by atoms with Crippen molar-refractivity contribution in [1.29, 1.82) is 0 Å². The van der Waals surface area contributed by atoms with Crippen molar-refractivity contribution in [2.24, 2.45) is 0 Å². The topological polar surface area (TPSA) is 29.5 Å². The number of morpholine rings is 1. The third kappa shape index (κ3) is 3.13. The van der Waals surface area contributed by atoms with Gasteiger partial charge >= 0.3 is 0 Å². The van der Waals surface area contributed by atoms with Crippen LogP contribution in [0.4, 0.5) is 0 Å². The summed E-state index contributed by atoms with van der Waals surface area (Å²) in [6.07, 6.45) is 1.94. The molecular weight excluding hydrogens is 313 g/mol. The largest absolute Gasteiger partial charge is 0.378 e. The van der Waals surface area contributed by atoms with Crippen LogP contribution in [0, 0.1) is 0 Å². The Morgan fingerprint density at radius 2 is 2.00 bits per heavy atom. The molecule has 80 valence electrons. The number of rotatable bonds is 2. The zero-order valence-electron chi connectivity index (χ0n) is 8.38. The monoisotopic (exact) mass is 327 g/mol. The van der Waals surface area contributed by atoms with E-state index in [9.17, 15) is 4.79 Å². The van der Waals surface area contributed by atoms with Crippen LogP contribution in [-0.2, 0) is 9.53 Å². The highest BCUT2D eigenvalue weighted by molar-refractivity contribution is 14.1. The van der Waals surface area contributed by atoms with E-state index in [4.69, 9.17) is 4.74 Å². The third-order valence-corrected chi connectivity index (χ3v) is 3.80. The van der Waals surface area contributed by atoms with Gasteiger partial charge in [0.2, 0.25) is 0 Å². The van der Waals surface area contributed by atoms with E-state index in [1.807, 2.05) is 18.1 Å². The summed E-state index contributed by atoms with van der Waals surface area (Å²) in [6, 6.07) is 0. The van der Waals surface area contributed by atoms with E-state index < -0.39 is 0 Å². The minimum absolute atomic E-state index is 0.146. The van der Waals surface area contributed by atoms with Gasteiger partial charge in [0.05, 0.1) is 18.1 Å². The molecule has 5 heteroatoms. The second-order valence-electron chi connectivity index (χ2n) is 2.97. The normalized spacial score (nSPS) is 19.2. The van der Waals surface area contributed by atoms with Crippen molar-refractivity contribution >= 4 is 40.3 Å². The second-order valence-corrected chi connectivity index (χ2v) is 5.41. The maximum Gasteiger partial charge on any atom is 0.261 e. The molecule has 0 aromatic carbocycles. The maximum absolute atomic E-state index is 12.0. The van der Waals surface area contributed by atoms with Crippen LogP contribution in [0.25, 0.3) is 0 Å². The van der Waals surface area contributed by atoms with Crippen LogP contribution in [-0.4, -0.2) is 43.4 Å². The molecule has 0 saturated carbocycles. The van der Waals surface area contributed by atoms with Crippen LogP contribution >= 0.6 is 34.4 Å². The summed E-state index contributed by atoms with van der Waals surface area (Å²) < 4.78 is 6.27. The lowest BCUT2D eigenvalue weighted by molar-refractivity contribution is -0.130. The van der Waals surface area contributed by atoms with Gasteiger partial charge in [-0.05, 0) is 35.8 Å². The van der Waals surface area contributed by atoms with E-state index >= 15 is 0 Å². The highest BCUT2D eigenvalue weighted by atomic mass is 127. The summed E-state index contributed by atoms with van der Waals surface area (Å²) in [5.41, 5.74) is 0. The number of thioether (sulfide) groups is 1. The van der Waals surface area contributed by atoms with E-state index in [0.717, 1.165) is 8.48 Å². The fraction of sp³-hybridized carbons (Fsp3) is 0.667. The summed E-state index contributed by atoms with van der Waals surface area (Å²) in [4.78, 5) is 14.7. The average molecular weight is 327 g/mol. The van der Waals surface area contributed by atoms with Gasteiger partial charge in [-0.15, -0.1) is 11.8 Å². The first-order valence-electron chi connectivity index (χ1n) is 4.44. The van der Waals surface area contributed by atoms with E-state index in [1.54, 1.807) is 0 Å². The van der Waals surface area contributed by atoms with Gasteiger partial charge < -0.3 is 9.64 Å². The molecule has 0 N–H and O–H groups in total. The first-order chi connectivity index (χ1) is 6.66. The first-order valence-corrected chi connectivity index (χ1v) is 6.74. The van der Waals surface area contributed by atoms with Crippen LogP contribution in [0.1, 0.15) is 6.92 Å². The zero-order chi connectivity index (χ0) is 10.6. The number of carbonyl (C=O) groups is 1. The minimum Gasteiger partial charge on any atom is -0.378 e.